The molecule has 4 rings (SSSR count). The average molecular weight is 509 g/mol. The van der Waals surface area contributed by atoms with Crippen molar-refractivity contribution in [3.05, 3.63) is 85.0 Å². The van der Waals surface area contributed by atoms with Crippen molar-refractivity contribution < 1.29 is 17.9 Å². The number of fused-ring (bicyclic) bond motifs is 1. The van der Waals surface area contributed by atoms with Gasteiger partial charge in [0.1, 0.15) is 5.75 Å². The van der Waals surface area contributed by atoms with Crippen LogP contribution in [0.4, 0.5) is 13.2 Å². The van der Waals surface area contributed by atoms with Gasteiger partial charge in [0.2, 0.25) is 0 Å². The van der Waals surface area contributed by atoms with Crippen molar-refractivity contribution in [1.29, 1.82) is 0 Å². The summed E-state index contributed by atoms with van der Waals surface area (Å²) in [6.45, 7) is 0.137. The number of rotatable bonds is 4. The predicted molar refractivity (Wildman–Crippen MR) is 115 cm³/mol. The fourth-order valence-corrected chi connectivity index (χ4v) is 3.76. The molecular weight excluding hydrogens is 493 g/mol. The third-order valence-corrected chi connectivity index (χ3v) is 5.41. The highest BCUT2D eigenvalue weighted by molar-refractivity contribution is 9.10. The summed E-state index contributed by atoms with van der Waals surface area (Å²) in [7, 11) is 2.79. The van der Waals surface area contributed by atoms with Gasteiger partial charge in [-0.25, -0.2) is 4.79 Å². The smallest absolute Gasteiger partial charge is 0.416 e. The van der Waals surface area contributed by atoms with E-state index in [-0.39, 0.29) is 29.5 Å². The lowest BCUT2D eigenvalue weighted by molar-refractivity contribution is -0.137. The molecule has 2 aromatic heterocycles. The number of nitrogens with zero attached hydrogens (tertiary/aromatic N) is 4. The Kier molecular flexibility index (Phi) is 5.45. The topological polar surface area (TPSA) is 71.1 Å². The molecular formula is C21H16BrF3N4O3. The molecule has 0 saturated carbocycles. The van der Waals surface area contributed by atoms with Gasteiger partial charge in [0, 0.05) is 18.6 Å². The molecule has 11 heteroatoms. The third kappa shape index (κ3) is 3.95. The van der Waals surface area contributed by atoms with Crippen LogP contribution in [0.25, 0.3) is 11.2 Å². The van der Waals surface area contributed by atoms with E-state index in [0.717, 1.165) is 26.7 Å². The molecule has 0 unspecified atom stereocenters. The zero-order valence-corrected chi connectivity index (χ0v) is 18.4. The van der Waals surface area contributed by atoms with E-state index in [1.54, 1.807) is 6.07 Å². The van der Waals surface area contributed by atoms with Crippen LogP contribution in [0.1, 0.15) is 11.1 Å². The SMILES string of the molecule is Cn1c(=O)c2c(nc(Oc3cccc(C(F)(F)F)c3)n2Cc2cccc(Br)c2)n(C)c1=O. The number of hydrogen-bond donors (Lipinski definition) is 0. The third-order valence-electron chi connectivity index (χ3n) is 4.91. The Balaban J connectivity index is 1.92. The highest BCUT2D eigenvalue weighted by Gasteiger charge is 2.31. The number of benzene rings is 2. The Morgan fingerprint density at radius 1 is 1.03 bits per heavy atom. The average Bonchev–Trinajstić information content (AvgIpc) is 3.08. The van der Waals surface area contributed by atoms with E-state index in [2.05, 4.69) is 20.9 Å². The van der Waals surface area contributed by atoms with Crippen LogP contribution < -0.4 is 16.0 Å². The van der Waals surface area contributed by atoms with Crippen molar-refractivity contribution in [2.75, 3.05) is 0 Å². The number of imidazole rings is 1. The normalized spacial score (nSPS) is 11.8. The Morgan fingerprint density at radius 3 is 2.44 bits per heavy atom. The van der Waals surface area contributed by atoms with E-state index < -0.39 is 23.0 Å². The first-order valence-electron chi connectivity index (χ1n) is 9.32. The lowest BCUT2D eigenvalue weighted by atomic mass is 10.2. The van der Waals surface area contributed by atoms with Gasteiger partial charge in [-0.15, -0.1) is 0 Å². The van der Waals surface area contributed by atoms with Crippen molar-refractivity contribution in [3.8, 4) is 11.8 Å². The molecule has 0 radical (unpaired) electrons. The van der Waals surface area contributed by atoms with Gasteiger partial charge in [0.05, 0.1) is 12.1 Å². The summed E-state index contributed by atoms with van der Waals surface area (Å²) < 4.78 is 49.4. The Morgan fingerprint density at radius 2 is 1.75 bits per heavy atom. The lowest BCUT2D eigenvalue weighted by Crippen LogP contribution is -2.37. The Bertz CT molecular complexity index is 1450. The quantitative estimate of drug-likeness (QED) is 0.416. The highest BCUT2D eigenvalue weighted by atomic mass is 79.9. The number of aromatic nitrogens is 4. The minimum Gasteiger partial charge on any atom is -0.425 e. The summed E-state index contributed by atoms with van der Waals surface area (Å²) in [5, 5.41) is 0. The minimum absolute atomic E-state index is 0.0649. The van der Waals surface area contributed by atoms with Crippen molar-refractivity contribution in [3.63, 3.8) is 0 Å². The summed E-state index contributed by atoms with van der Waals surface area (Å²) in [5.41, 5.74) is -1.12. The lowest BCUT2D eigenvalue weighted by Gasteiger charge is -2.12. The maximum atomic E-state index is 13.1. The van der Waals surface area contributed by atoms with E-state index >= 15 is 0 Å². The van der Waals surface area contributed by atoms with Crippen LogP contribution in [0.3, 0.4) is 0 Å². The van der Waals surface area contributed by atoms with Gasteiger partial charge in [0.25, 0.3) is 5.56 Å². The number of hydrogen-bond acceptors (Lipinski definition) is 4. The summed E-state index contributed by atoms with van der Waals surface area (Å²) in [4.78, 5) is 29.5. The van der Waals surface area contributed by atoms with Gasteiger partial charge in [-0.05, 0) is 35.9 Å². The van der Waals surface area contributed by atoms with E-state index in [1.807, 2.05) is 18.2 Å². The second-order valence-corrected chi connectivity index (χ2v) is 8.03. The maximum absolute atomic E-state index is 13.1. The molecule has 0 aliphatic rings. The first-order valence-corrected chi connectivity index (χ1v) is 10.1. The molecule has 32 heavy (non-hydrogen) atoms. The van der Waals surface area contributed by atoms with Crippen LogP contribution in [-0.2, 0) is 26.8 Å². The molecule has 4 aromatic rings. The minimum atomic E-state index is -4.55. The van der Waals surface area contributed by atoms with E-state index in [0.29, 0.717) is 0 Å². The number of aryl methyl sites for hydroxylation is 1. The van der Waals surface area contributed by atoms with Gasteiger partial charge in [-0.2, -0.15) is 18.2 Å². The zero-order valence-electron chi connectivity index (χ0n) is 16.9. The second kappa shape index (κ2) is 7.97. The number of halogens is 4. The van der Waals surface area contributed by atoms with E-state index in [4.69, 9.17) is 4.74 Å². The molecule has 7 nitrogen and oxygen atoms in total. The molecule has 0 aliphatic heterocycles. The number of alkyl halides is 3. The fraction of sp³-hybridized carbons (Fsp3) is 0.190. The number of ether oxygens (including phenoxy) is 1. The molecule has 0 atom stereocenters. The van der Waals surface area contributed by atoms with Crippen LogP contribution in [-0.4, -0.2) is 18.7 Å². The van der Waals surface area contributed by atoms with Crippen LogP contribution in [0.15, 0.2) is 62.6 Å². The van der Waals surface area contributed by atoms with Gasteiger partial charge in [0.15, 0.2) is 11.2 Å². The van der Waals surface area contributed by atoms with Crippen molar-refractivity contribution >= 4 is 27.1 Å². The molecule has 2 aromatic carbocycles. The van der Waals surface area contributed by atoms with E-state index in [9.17, 15) is 22.8 Å². The van der Waals surface area contributed by atoms with Crippen LogP contribution >= 0.6 is 15.9 Å². The van der Waals surface area contributed by atoms with Crippen LogP contribution in [0, 0.1) is 0 Å². The Labute approximate surface area is 187 Å². The van der Waals surface area contributed by atoms with Crippen LogP contribution in [0.2, 0.25) is 0 Å². The monoisotopic (exact) mass is 508 g/mol. The van der Waals surface area contributed by atoms with Gasteiger partial charge in [-0.3, -0.25) is 18.5 Å². The van der Waals surface area contributed by atoms with Crippen molar-refractivity contribution in [1.82, 2.24) is 18.7 Å². The molecule has 2 heterocycles. The van der Waals surface area contributed by atoms with E-state index in [1.165, 1.54) is 35.4 Å². The summed E-state index contributed by atoms with van der Waals surface area (Å²) in [6, 6.07) is 11.5. The first kappa shape index (κ1) is 21.9. The molecule has 0 spiro atoms. The molecule has 0 saturated heterocycles. The van der Waals surface area contributed by atoms with Gasteiger partial charge < -0.3 is 4.74 Å². The van der Waals surface area contributed by atoms with Crippen molar-refractivity contribution in [2.24, 2.45) is 14.1 Å². The molecule has 0 aliphatic carbocycles. The molecule has 0 amide bonds. The van der Waals surface area contributed by atoms with Crippen molar-refractivity contribution in [2.45, 2.75) is 12.7 Å². The molecule has 0 N–H and O–H groups in total. The second-order valence-electron chi connectivity index (χ2n) is 7.12. The molecule has 0 fully saturated rings. The predicted octanol–water partition coefficient (Wildman–Crippen LogP) is 4.06. The molecule has 0 bridgehead atoms. The summed E-state index contributed by atoms with van der Waals surface area (Å²) >= 11 is 3.39. The molecule has 166 valence electrons. The summed E-state index contributed by atoms with van der Waals surface area (Å²) in [6.07, 6.45) is -4.55. The van der Waals surface area contributed by atoms with Gasteiger partial charge in [-0.1, -0.05) is 34.1 Å². The highest BCUT2D eigenvalue weighted by Crippen LogP contribution is 2.33. The van der Waals surface area contributed by atoms with Crippen LogP contribution in [0.5, 0.6) is 11.8 Å². The fourth-order valence-electron chi connectivity index (χ4n) is 3.31. The Hall–Kier alpha value is -3.34. The standard InChI is InChI=1S/C21H16BrF3N4O3/c1-27-17-16(18(30)28(2)20(27)31)29(11-12-5-3-7-14(22)9-12)19(26-17)32-15-8-4-6-13(10-15)21(23,24)25/h3-10H,11H2,1-2H3. The largest absolute Gasteiger partial charge is 0.425 e. The van der Waals surface area contributed by atoms with Gasteiger partial charge >= 0.3 is 17.9 Å². The summed E-state index contributed by atoms with van der Waals surface area (Å²) in [5.74, 6) is -0.104. The first-order chi connectivity index (χ1) is 15.1. The maximum Gasteiger partial charge on any atom is 0.416 e. The zero-order chi connectivity index (χ0) is 23.2.